The molecule has 0 aromatic carbocycles. The first-order valence-electron chi connectivity index (χ1n) is 5.23. The fraction of sp³-hybridized carbons (Fsp3) is 1.00. The lowest BCUT2D eigenvalue weighted by atomic mass is 9.79. The molecular formula is C10H12O2. The van der Waals surface area contributed by atoms with E-state index in [1.165, 1.54) is 25.7 Å². The van der Waals surface area contributed by atoms with Crippen LogP contribution in [0.4, 0.5) is 0 Å². The lowest BCUT2D eigenvalue weighted by molar-refractivity contribution is 0.100. The molecule has 5 aliphatic rings. The summed E-state index contributed by atoms with van der Waals surface area (Å²) in [5.41, 5.74) is 0.557. The molecular weight excluding hydrogens is 152 g/mol. The molecule has 0 N–H and O–H groups in total. The summed E-state index contributed by atoms with van der Waals surface area (Å²) in [6, 6.07) is 0. The lowest BCUT2D eigenvalue weighted by Gasteiger charge is -2.24. The lowest BCUT2D eigenvalue weighted by Crippen LogP contribution is -2.39. The van der Waals surface area contributed by atoms with Gasteiger partial charge in [-0.15, -0.1) is 0 Å². The normalized spacial score (nSPS) is 80.0. The third-order valence-corrected chi connectivity index (χ3v) is 5.20. The van der Waals surface area contributed by atoms with E-state index in [1.807, 2.05) is 0 Å². The van der Waals surface area contributed by atoms with E-state index in [-0.39, 0.29) is 11.2 Å². The van der Waals surface area contributed by atoms with Crippen molar-refractivity contribution in [1.29, 1.82) is 0 Å². The van der Waals surface area contributed by atoms with Crippen molar-refractivity contribution in [2.24, 2.45) is 11.8 Å². The molecule has 0 radical (unpaired) electrons. The molecule has 2 heteroatoms. The summed E-state index contributed by atoms with van der Waals surface area (Å²) in [4.78, 5) is 0. The van der Waals surface area contributed by atoms with E-state index in [2.05, 4.69) is 0 Å². The Morgan fingerprint density at radius 1 is 0.833 bits per heavy atom. The van der Waals surface area contributed by atoms with Crippen LogP contribution in [0.1, 0.15) is 25.7 Å². The van der Waals surface area contributed by atoms with Crippen LogP contribution in [0.3, 0.4) is 0 Å². The van der Waals surface area contributed by atoms with Crippen LogP contribution in [0.15, 0.2) is 0 Å². The minimum atomic E-state index is 0.278. The van der Waals surface area contributed by atoms with Gasteiger partial charge in [-0.3, -0.25) is 0 Å². The number of hydrogen-bond donors (Lipinski definition) is 0. The van der Waals surface area contributed by atoms with Crippen molar-refractivity contribution >= 4 is 0 Å². The molecule has 5 fully saturated rings. The van der Waals surface area contributed by atoms with Gasteiger partial charge in [0.1, 0.15) is 11.2 Å². The maximum absolute atomic E-state index is 5.92. The SMILES string of the molecule is C1C[C@H]2C[C@H]1[C@]13O[C@H]1C[C@H]1O[C@@]213. The number of rotatable bonds is 0. The Labute approximate surface area is 71.2 Å². The average Bonchev–Trinajstić information content (AvgIpc) is 2.84. The predicted molar refractivity (Wildman–Crippen MR) is 40.7 cm³/mol. The molecule has 6 atom stereocenters. The molecule has 0 amide bonds. The van der Waals surface area contributed by atoms with Gasteiger partial charge >= 0.3 is 0 Å². The first-order chi connectivity index (χ1) is 5.88. The quantitative estimate of drug-likeness (QED) is 0.501. The third kappa shape index (κ3) is 0.293. The summed E-state index contributed by atoms with van der Waals surface area (Å²) in [5, 5.41) is 0. The van der Waals surface area contributed by atoms with Gasteiger partial charge in [0, 0.05) is 6.42 Å². The summed E-state index contributed by atoms with van der Waals surface area (Å²) in [7, 11) is 0. The van der Waals surface area contributed by atoms with E-state index in [9.17, 15) is 0 Å². The summed E-state index contributed by atoms with van der Waals surface area (Å²) >= 11 is 0. The summed E-state index contributed by atoms with van der Waals surface area (Å²) < 4.78 is 11.8. The highest BCUT2D eigenvalue weighted by atomic mass is 16.7. The number of hydrogen-bond acceptors (Lipinski definition) is 2. The zero-order valence-electron chi connectivity index (χ0n) is 6.95. The second-order valence-electron chi connectivity index (χ2n) is 5.24. The van der Waals surface area contributed by atoms with Crippen molar-refractivity contribution in [3.63, 3.8) is 0 Å². The molecule has 12 heavy (non-hydrogen) atoms. The number of epoxide rings is 2. The second-order valence-corrected chi connectivity index (χ2v) is 5.24. The molecule has 2 nitrogen and oxygen atoms in total. The van der Waals surface area contributed by atoms with Crippen molar-refractivity contribution in [1.82, 2.24) is 0 Å². The van der Waals surface area contributed by atoms with E-state index < -0.39 is 0 Å². The molecule has 0 unspecified atom stereocenters. The monoisotopic (exact) mass is 164 g/mol. The fourth-order valence-corrected chi connectivity index (χ4v) is 4.85. The Morgan fingerprint density at radius 3 is 2.00 bits per heavy atom. The Morgan fingerprint density at radius 2 is 1.42 bits per heavy atom. The van der Waals surface area contributed by atoms with Crippen molar-refractivity contribution in [3.8, 4) is 0 Å². The van der Waals surface area contributed by atoms with Crippen molar-refractivity contribution in [2.75, 3.05) is 0 Å². The van der Waals surface area contributed by atoms with Gasteiger partial charge in [0.2, 0.25) is 0 Å². The van der Waals surface area contributed by atoms with E-state index in [0.29, 0.717) is 12.2 Å². The van der Waals surface area contributed by atoms with Crippen molar-refractivity contribution in [3.05, 3.63) is 0 Å². The highest BCUT2D eigenvalue weighted by molar-refractivity contribution is 5.41. The van der Waals surface area contributed by atoms with Gasteiger partial charge in [0.15, 0.2) is 0 Å². The largest absolute Gasteiger partial charge is 0.362 e. The predicted octanol–water partition coefficient (Wildman–Crippen LogP) is 1.10. The molecule has 64 valence electrons. The first-order valence-corrected chi connectivity index (χ1v) is 5.23. The summed E-state index contributed by atoms with van der Waals surface area (Å²) in [5.74, 6) is 1.75. The maximum atomic E-state index is 5.92. The minimum absolute atomic E-state index is 0.278. The maximum Gasteiger partial charge on any atom is 0.129 e. The highest BCUT2D eigenvalue weighted by Gasteiger charge is 2.93. The molecule has 3 aliphatic carbocycles. The van der Waals surface area contributed by atoms with Gasteiger partial charge in [-0.2, -0.15) is 0 Å². The Hall–Kier alpha value is -0.0800. The van der Waals surface area contributed by atoms with Crippen LogP contribution in [-0.4, -0.2) is 23.4 Å². The minimum Gasteiger partial charge on any atom is -0.362 e. The van der Waals surface area contributed by atoms with Crippen LogP contribution < -0.4 is 0 Å². The average molecular weight is 164 g/mol. The highest BCUT2D eigenvalue weighted by Crippen LogP contribution is 2.80. The topological polar surface area (TPSA) is 25.1 Å². The van der Waals surface area contributed by atoms with E-state index in [1.54, 1.807) is 0 Å². The molecule has 3 saturated carbocycles. The summed E-state index contributed by atoms with van der Waals surface area (Å²) in [6.07, 6.45) is 6.69. The van der Waals surface area contributed by atoms with Gasteiger partial charge in [-0.05, 0) is 31.1 Å². The fourth-order valence-electron chi connectivity index (χ4n) is 4.85. The van der Waals surface area contributed by atoms with Crippen LogP contribution in [0.5, 0.6) is 0 Å². The number of ether oxygens (including phenoxy) is 2. The third-order valence-electron chi connectivity index (χ3n) is 5.20. The van der Waals surface area contributed by atoms with Gasteiger partial charge in [-0.1, -0.05) is 0 Å². The van der Waals surface area contributed by atoms with Crippen LogP contribution in [0, 0.1) is 11.8 Å². The van der Waals surface area contributed by atoms with E-state index in [4.69, 9.17) is 9.47 Å². The molecule has 0 aromatic heterocycles. The zero-order chi connectivity index (χ0) is 7.55. The second kappa shape index (κ2) is 1.20. The molecule has 0 aromatic rings. The van der Waals surface area contributed by atoms with Crippen molar-refractivity contribution in [2.45, 2.75) is 49.1 Å². The van der Waals surface area contributed by atoms with Crippen molar-refractivity contribution < 1.29 is 9.47 Å². The van der Waals surface area contributed by atoms with E-state index >= 15 is 0 Å². The molecule has 2 heterocycles. The standard InChI is InChI=1S/C10H12O2/c1-2-6-3-5(1)9-7(11-9)4-8-10(6,9)12-8/h5-8H,1-4H2/t5-,6-,7-,8+,9-,10-/m0/s1. The molecule has 5 rings (SSSR count). The van der Waals surface area contributed by atoms with Crippen LogP contribution in [0.25, 0.3) is 0 Å². The Bertz CT molecular complexity index is 274. The van der Waals surface area contributed by atoms with Gasteiger partial charge < -0.3 is 9.47 Å². The summed E-state index contributed by atoms with van der Waals surface area (Å²) in [6.45, 7) is 0. The molecule has 2 bridgehead atoms. The molecule has 2 saturated heterocycles. The van der Waals surface area contributed by atoms with E-state index in [0.717, 1.165) is 11.8 Å². The zero-order valence-corrected chi connectivity index (χ0v) is 6.95. The van der Waals surface area contributed by atoms with Crippen LogP contribution in [0.2, 0.25) is 0 Å². The van der Waals surface area contributed by atoms with Gasteiger partial charge in [0.05, 0.1) is 12.2 Å². The van der Waals surface area contributed by atoms with Crippen LogP contribution in [-0.2, 0) is 9.47 Å². The Balaban J connectivity index is 1.81. The van der Waals surface area contributed by atoms with Gasteiger partial charge in [0.25, 0.3) is 0 Å². The molecule has 2 spiro atoms. The number of fused-ring (bicyclic) bond motifs is 2. The van der Waals surface area contributed by atoms with Gasteiger partial charge in [-0.25, -0.2) is 0 Å². The van der Waals surface area contributed by atoms with Crippen LogP contribution >= 0.6 is 0 Å². The first kappa shape index (κ1) is 5.61. The Kier molecular flexibility index (Phi) is 0.561. The molecule has 2 aliphatic heterocycles. The smallest absolute Gasteiger partial charge is 0.129 e.